The molecule has 2 fully saturated rings. The van der Waals surface area contributed by atoms with Gasteiger partial charge in [0.1, 0.15) is 5.36 Å². The van der Waals surface area contributed by atoms with Crippen molar-refractivity contribution >= 4 is 11.5 Å². The molecule has 28 heavy (non-hydrogen) atoms. The van der Waals surface area contributed by atoms with Crippen molar-refractivity contribution in [3.05, 3.63) is 41.0 Å². The predicted molar refractivity (Wildman–Crippen MR) is 114 cm³/mol. The van der Waals surface area contributed by atoms with Crippen molar-refractivity contribution in [2.45, 2.75) is 32.6 Å². The number of nitrogens with zero attached hydrogens (tertiary/aromatic N) is 5. The number of benzene rings is 1. The van der Waals surface area contributed by atoms with Crippen LogP contribution in [-0.2, 0) is 0 Å². The van der Waals surface area contributed by atoms with Gasteiger partial charge >= 0.3 is 0 Å². The standard InChI is InChI=1S/C23H29N5/c1-17-5-4-14-28(16-17)19-8-6-18(7-9-19)20-15-21-22(25-11-10-24-21)23(26-20)27-12-2-3-13-27/h6-9,15,17H,2-5,10-14,16H2,1H3. The summed E-state index contributed by atoms with van der Waals surface area (Å²) in [5, 5.41) is 2.00. The van der Waals surface area contributed by atoms with Crippen LogP contribution in [0.1, 0.15) is 32.6 Å². The minimum Gasteiger partial charge on any atom is -0.371 e. The maximum absolute atomic E-state index is 5.05. The summed E-state index contributed by atoms with van der Waals surface area (Å²) in [6.45, 7) is 8.39. The molecule has 1 unspecified atom stereocenters. The maximum Gasteiger partial charge on any atom is 0.157 e. The van der Waals surface area contributed by atoms with Gasteiger partial charge in [0.2, 0.25) is 0 Å². The molecule has 0 N–H and O–H groups in total. The molecule has 5 heteroatoms. The third kappa shape index (κ3) is 3.38. The molecule has 146 valence electrons. The molecule has 0 amide bonds. The van der Waals surface area contributed by atoms with Crippen LogP contribution in [0.25, 0.3) is 11.3 Å². The minimum absolute atomic E-state index is 0.776. The lowest BCUT2D eigenvalue weighted by atomic mass is 9.99. The number of hydrogen-bond donors (Lipinski definition) is 0. The molecule has 2 saturated heterocycles. The monoisotopic (exact) mass is 375 g/mol. The second kappa shape index (κ2) is 7.53. The van der Waals surface area contributed by atoms with Crippen molar-refractivity contribution in [2.24, 2.45) is 15.9 Å². The van der Waals surface area contributed by atoms with Gasteiger partial charge in [0.05, 0.1) is 24.1 Å². The molecule has 0 saturated carbocycles. The van der Waals surface area contributed by atoms with Crippen LogP contribution in [0.15, 0.2) is 40.3 Å². The van der Waals surface area contributed by atoms with Crippen LogP contribution in [0.4, 0.5) is 11.5 Å². The Hall–Kier alpha value is -2.43. The molecule has 3 aliphatic heterocycles. The molecule has 0 spiro atoms. The highest BCUT2D eigenvalue weighted by Gasteiger charge is 2.19. The SMILES string of the molecule is CC1CCCN(c2ccc(-c3cc4c(c(N5CCCC5)n3)=NCCN=4)cc2)C1. The van der Waals surface area contributed by atoms with E-state index in [0.717, 1.165) is 66.4 Å². The average molecular weight is 376 g/mol. The molecular weight excluding hydrogens is 346 g/mol. The van der Waals surface area contributed by atoms with E-state index in [2.05, 4.69) is 47.1 Å². The van der Waals surface area contributed by atoms with Crippen molar-refractivity contribution in [1.29, 1.82) is 0 Å². The second-order valence-electron chi connectivity index (χ2n) is 8.40. The van der Waals surface area contributed by atoms with Crippen LogP contribution in [0.5, 0.6) is 0 Å². The zero-order valence-corrected chi connectivity index (χ0v) is 16.8. The second-order valence-corrected chi connectivity index (χ2v) is 8.40. The van der Waals surface area contributed by atoms with Gasteiger partial charge in [-0.3, -0.25) is 9.98 Å². The van der Waals surface area contributed by atoms with Crippen molar-refractivity contribution in [2.75, 3.05) is 49.1 Å². The first-order valence-corrected chi connectivity index (χ1v) is 10.8. The fourth-order valence-electron chi connectivity index (χ4n) is 4.68. The topological polar surface area (TPSA) is 44.1 Å². The van der Waals surface area contributed by atoms with Crippen LogP contribution in [0.2, 0.25) is 0 Å². The summed E-state index contributed by atoms with van der Waals surface area (Å²) in [5.41, 5.74) is 3.51. The summed E-state index contributed by atoms with van der Waals surface area (Å²) >= 11 is 0. The van der Waals surface area contributed by atoms with E-state index in [4.69, 9.17) is 15.0 Å². The van der Waals surface area contributed by atoms with E-state index in [1.807, 2.05) is 0 Å². The first-order chi connectivity index (χ1) is 13.8. The summed E-state index contributed by atoms with van der Waals surface area (Å²) in [4.78, 5) is 19.4. The highest BCUT2D eigenvalue weighted by atomic mass is 15.2. The van der Waals surface area contributed by atoms with E-state index >= 15 is 0 Å². The van der Waals surface area contributed by atoms with Gasteiger partial charge in [-0.25, -0.2) is 4.98 Å². The normalized spacial score (nSPS) is 21.8. The quantitative estimate of drug-likeness (QED) is 0.829. The fraction of sp³-hybridized carbons (Fsp3) is 0.522. The molecule has 1 aromatic heterocycles. The zero-order chi connectivity index (χ0) is 18.9. The molecular formula is C23H29N5. The Morgan fingerprint density at radius 1 is 0.893 bits per heavy atom. The van der Waals surface area contributed by atoms with Gasteiger partial charge < -0.3 is 9.80 Å². The summed E-state index contributed by atoms with van der Waals surface area (Å²) < 4.78 is 0. The summed E-state index contributed by atoms with van der Waals surface area (Å²) in [6, 6.07) is 11.1. The molecule has 0 radical (unpaired) electrons. The van der Waals surface area contributed by atoms with Crippen molar-refractivity contribution in [3.8, 4) is 11.3 Å². The first kappa shape index (κ1) is 17.7. The van der Waals surface area contributed by atoms with Gasteiger partial charge in [-0.15, -0.1) is 0 Å². The molecule has 1 aromatic carbocycles. The molecule has 2 aromatic rings. The lowest BCUT2D eigenvalue weighted by molar-refractivity contribution is 0.447. The number of aromatic nitrogens is 1. The van der Waals surface area contributed by atoms with E-state index in [-0.39, 0.29) is 0 Å². The Balaban J connectivity index is 1.50. The zero-order valence-electron chi connectivity index (χ0n) is 16.8. The Bertz CT molecular complexity index is 960. The number of rotatable bonds is 3. The summed E-state index contributed by atoms with van der Waals surface area (Å²) in [5.74, 6) is 1.81. The highest BCUT2D eigenvalue weighted by molar-refractivity contribution is 5.65. The maximum atomic E-state index is 5.05. The first-order valence-electron chi connectivity index (χ1n) is 10.8. The van der Waals surface area contributed by atoms with E-state index in [1.165, 1.54) is 37.9 Å². The van der Waals surface area contributed by atoms with Crippen molar-refractivity contribution in [3.63, 3.8) is 0 Å². The van der Waals surface area contributed by atoms with Crippen molar-refractivity contribution in [1.82, 2.24) is 4.98 Å². The number of hydrogen-bond acceptors (Lipinski definition) is 5. The van der Waals surface area contributed by atoms with Gasteiger partial charge in [-0.05, 0) is 49.8 Å². The Labute approximate surface area is 166 Å². The minimum atomic E-state index is 0.776. The Morgan fingerprint density at radius 2 is 1.64 bits per heavy atom. The smallest absolute Gasteiger partial charge is 0.157 e. The predicted octanol–water partition coefficient (Wildman–Crippen LogP) is 2.84. The molecule has 0 aliphatic carbocycles. The number of fused-ring (bicyclic) bond motifs is 1. The largest absolute Gasteiger partial charge is 0.371 e. The molecule has 4 heterocycles. The number of anilines is 2. The highest BCUT2D eigenvalue weighted by Crippen LogP contribution is 2.26. The Kier molecular flexibility index (Phi) is 4.75. The van der Waals surface area contributed by atoms with E-state index < -0.39 is 0 Å². The van der Waals surface area contributed by atoms with Crippen LogP contribution in [0.3, 0.4) is 0 Å². The summed E-state index contributed by atoms with van der Waals surface area (Å²) in [7, 11) is 0. The molecule has 0 bridgehead atoms. The van der Waals surface area contributed by atoms with Crippen LogP contribution < -0.4 is 20.5 Å². The van der Waals surface area contributed by atoms with Crippen LogP contribution >= 0.6 is 0 Å². The lowest BCUT2D eigenvalue weighted by Crippen LogP contribution is -2.38. The average Bonchev–Trinajstić information content (AvgIpc) is 3.28. The molecule has 3 aliphatic rings. The van der Waals surface area contributed by atoms with Crippen LogP contribution in [0, 0.1) is 5.92 Å². The third-order valence-corrected chi connectivity index (χ3v) is 6.20. The summed E-state index contributed by atoms with van der Waals surface area (Å²) in [6.07, 6.45) is 5.11. The van der Waals surface area contributed by atoms with Gasteiger partial charge in [0, 0.05) is 37.4 Å². The van der Waals surface area contributed by atoms with E-state index in [0.29, 0.717) is 0 Å². The van der Waals surface area contributed by atoms with Gasteiger partial charge in [0.15, 0.2) is 5.82 Å². The Morgan fingerprint density at radius 3 is 2.43 bits per heavy atom. The number of piperidine rings is 1. The van der Waals surface area contributed by atoms with E-state index in [1.54, 1.807) is 0 Å². The number of pyridine rings is 1. The molecule has 1 atom stereocenters. The molecule has 5 rings (SSSR count). The fourth-order valence-corrected chi connectivity index (χ4v) is 4.68. The third-order valence-electron chi connectivity index (χ3n) is 6.20. The van der Waals surface area contributed by atoms with Gasteiger partial charge in [0.25, 0.3) is 0 Å². The van der Waals surface area contributed by atoms with Gasteiger partial charge in [-0.1, -0.05) is 19.1 Å². The van der Waals surface area contributed by atoms with Gasteiger partial charge in [-0.2, -0.15) is 0 Å². The van der Waals surface area contributed by atoms with Crippen LogP contribution in [-0.4, -0.2) is 44.3 Å². The van der Waals surface area contributed by atoms with Crippen molar-refractivity contribution < 1.29 is 0 Å². The van der Waals surface area contributed by atoms with E-state index in [9.17, 15) is 0 Å². The molecule has 5 nitrogen and oxygen atoms in total. The lowest BCUT2D eigenvalue weighted by Gasteiger charge is -2.32.